The van der Waals surface area contributed by atoms with E-state index in [0.29, 0.717) is 5.56 Å². The molecule has 88 valence electrons. The van der Waals surface area contributed by atoms with Gasteiger partial charge in [-0.15, -0.1) is 0 Å². The van der Waals surface area contributed by atoms with E-state index in [1.807, 2.05) is 25.1 Å². The average molecular weight is 230 g/mol. The highest BCUT2D eigenvalue weighted by molar-refractivity contribution is 6.05. The molecule has 4 heteroatoms. The normalized spacial score (nSPS) is 12.6. The molecule has 0 saturated carbocycles. The second-order valence-corrected chi connectivity index (χ2v) is 3.88. The molecule has 1 amide bonds. The molecular formula is C13H14N2O2. The van der Waals surface area contributed by atoms with Crippen LogP contribution in [0, 0.1) is 0 Å². The van der Waals surface area contributed by atoms with Crippen molar-refractivity contribution >= 4 is 16.8 Å². The van der Waals surface area contributed by atoms with E-state index >= 15 is 0 Å². The molecule has 1 unspecified atom stereocenters. The van der Waals surface area contributed by atoms with Gasteiger partial charge in [-0.1, -0.05) is 6.07 Å². The number of benzene rings is 1. The Morgan fingerprint density at radius 1 is 1.41 bits per heavy atom. The third-order valence-electron chi connectivity index (χ3n) is 2.85. The Labute approximate surface area is 99.4 Å². The molecule has 0 radical (unpaired) electrons. The highest BCUT2D eigenvalue weighted by Gasteiger charge is 2.10. The van der Waals surface area contributed by atoms with Crippen molar-refractivity contribution in [2.24, 2.45) is 5.73 Å². The largest absolute Gasteiger partial charge is 0.377 e. The summed E-state index contributed by atoms with van der Waals surface area (Å²) in [5, 5.41) is 0.765. The number of amides is 1. The number of primary amides is 1. The number of carbonyl (C=O) groups excluding carboxylic acids is 1. The third-order valence-corrected chi connectivity index (χ3v) is 2.85. The number of hydrogen-bond donors (Lipinski definition) is 1. The summed E-state index contributed by atoms with van der Waals surface area (Å²) in [6.45, 7) is 1.95. The fraction of sp³-hybridized carbons (Fsp3) is 0.231. The molecule has 17 heavy (non-hydrogen) atoms. The van der Waals surface area contributed by atoms with E-state index in [1.54, 1.807) is 19.4 Å². The lowest BCUT2D eigenvalue weighted by molar-refractivity contribution is 0.100. The Kier molecular flexibility index (Phi) is 3.06. The van der Waals surface area contributed by atoms with E-state index in [-0.39, 0.29) is 6.10 Å². The minimum Gasteiger partial charge on any atom is -0.377 e. The van der Waals surface area contributed by atoms with Gasteiger partial charge in [-0.3, -0.25) is 9.78 Å². The lowest BCUT2D eigenvalue weighted by Crippen LogP contribution is -2.11. The first-order chi connectivity index (χ1) is 8.13. The summed E-state index contributed by atoms with van der Waals surface area (Å²) in [6.07, 6.45) is 1.56. The molecule has 0 aliphatic heterocycles. The molecule has 0 aliphatic rings. The molecule has 4 nitrogen and oxygen atoms in total. The number of methoxy groups -OCH3 is 1. The van der Waals surface area contributed by atoms with Gasteiger partial charge in [0.2, 0.25) is 5.91 Å². The van der Waals surface area contributed by atoms with Gasteiger partial charge < -0.3 is 10.5 Å². The Hall–Kier alpha value is -1.94. The van der Waals surface area contributed by atoms with Crippen molar-refractivity contribution in [1.82, 2.24) is 4.98 Å². The van der Waals surface area contributed by atoms with Crippen LogP contribution in [0.5, 0.6) is 0 Å². The van der Waals surface area contributed by atoms with Crippen LogP contribution in [0.15, 0.2) is 30.5 Å². The highest BCUT2D eigenvalue weighted by atomic mass is 16.5. The minimum absolute atomic E-state index is 0.0275. The molecule has 0 aliphatic carbocycles. The maximum absolute atomic E-state index is 11.3. The quantitative estimate of drug-likeness (QED) is 0.877. The monoisotopic (exact) mass is 230 g/mol. The lowest BCUT2D eigenvalue weighted by Gasteiger charge is -2.11. The molecule has 2 rings (SSSR count). The number of carbonyl (C=O) groups is 1. The number of pyridine rings is 1. The van der Waals surface area contributed by atoms with E-state index in [2.05, 4.69) is 4.98 Å². The average Bonchev–Trinajstić information content (AvgIpc) is 2.36. The summed E-state index contributed by atoms with van der Waals surface area (Å²) in [4.78, 5) is 15.5. The zero-order chi connectivity index (χ0) is 12.4. The number of hydrogen-bond acceptors (Lipinski definition) is 3. The molecular weight excluding hydrogens is 216 g/mol. The zero-order valence-corrected chi connectivity index (χ0v) is 9.81. The van der Waals surface area contributed by atoms with Gasteiger partial charge >= 0.3 is 0 Å². The summed E-state index contributed by atoms with van der Waals surface area (Å²) in [7, 11) is 1.65. The van der Waals surface area contributed by atoms with Gasteiger partial charge in [-0.05, 0) is 30.7 Å². The third kappa shape index (κ3) is 2.12. The summed E-state index contributed by atoms with van der Waals surface area (Å²) in [6, 6.07) is 7.34. The summed E-state index contributed by atoms with van der Waals surface area (Å²) >= 11 is 0. The molecule has 0 fully saturated rings. The Balaban J connectivity index is 2.65. The van der Waals surface area contributed by atoms with E-state index < -0.39 is 5.91 Å². The predicted octanol–water partition coefficient (Wildman–Crippen LogP) is 2.04. The van der Waals surface area contributed by atoms with Crippen molar-refractivity contribution in [3.8, 4) is 0 Å². The first kappa shape index (κ1) is 11.5. The smallest absolute Gasteiger partial charge is 0.249 e. The SMILES string of the molecule is COC(C)c1ccc2nccc(C(N)=O)c2c1. The number of nitrogens with zero attached hydrogens (tertiary/aromatic N) is 1. The molecule has 1 atom stereocenters. The molecule has 1 aromatic heterocycles. The Morgan fingerprint density at radius 2 is 2.18 bits per heavy atom. The highest BCUT2D eigenvalue weighted by Crippen LogP contribution is 2.23. The van der Waals surface area contributed by atoms with E-state index in [4.69, 9.17) is 10.5 Å². The zero-order valence-electron chi connectivity index (χ0n) is 9.81. The summed E-state index contributed by atoms with van der Waals surface area (Å²) < 4.78 is 5.25. The van der Waals surface area contributed by atoms with Crippen LogP contribution >= 0.6 is 0 Å². The maximum atomic E-state index is 11.3. The predicted molar refractivity (Wildman–Crippen MR) is 65.7 cm³/mol. The maximum Gasteiger partial charge on any atom is 0.249 e. The lowest BCUT2D eigenvalue weighted by atomic mass is 10.0. The van der Waals surface area contributed by atoms with Crippen LogP contribution in [0.4, 0.5) is 0 Å². The second-order valence-electron chi connectivity index (χ2n) is 3.88. The van der Waals surface area contributed by atoms with E-state index in [0.717, 1.165) is 16.5 Å². The van der Waals surface area contributed by atoms with Crippen LogP contribution < -0.4 is 5.73 Å². The van der Waals surface area contributed by atoms with Crippen molar-refractivity contribution in [3.63, 3.8) is 0 Å². The number of fused-ring (bicyclic) bond motifs is 1. The first-order valence-electron chi connectivity index (χ1n) is 5.34. The van der Waals surface area contributed by atoms with Crippen LogP contribution in [0.25, 0.3) is 10.9 Å². The van der Waals surface area contributed by atoms with Gasteiger partial charge in [0.1, 0.15) is 0 Å². The van der Waals surface area contributed by atoms with Crippen LogP contribution in [0.1, 0.15) is 28.9 Å². The topological polar surface area (TPSA) is 65.2 Å². The standard InChI is InChI=1S/C13H14N2O2/c1-8(17-2)9-3-4-12-11(7-9)10(13(14)16)5-6-15-12/h3-8H,1-2H3,(H2,14,16). The van der Waals surface area contributed by atoms with Gasteiger partial charge in [-0.25, -0.2) is 0 Å². The molecule has 0 bridgehead atoms. The molecule has 0 spiro atoms. The fourth-order valence-corrected chi connectivity index (χ4v) is 1.77. The number of ether oxygens (including phenoxy) is 1. The van der Waals surface area contributed by atoms with Crippen molar-refractivity contribution < 1.29 is 9.53 Å². The van der Waals surface area contributed by atoms with Crippen LogP contribution in [-0.2, 0) is 4.74 Å². The first-order valence-corrected chi connectivity index (χ1v) is 5.34. The molecule has 0 saturated heterocycles. The Morgan fingerprint density at radius 3 is 2.82 bits per heavy atom. The van der Waals surface area contributed by atoms with Gasteiger partial charge in [0.25, 0.3) is 0 Å². The fourth-order valence-electron chi connectivity index (χ4n) is 1.77. The van der Waals surface area contributed by atoms with Crippen LogP contribution in [0.3, 0.4) is 0 Å². The van der Waals surface area contributed by atoms with Crippen LogP contribution in [-0.4, -0.2) is 18.0 Å². The van der Waals surface area contributed by atoms with Crippen molar-refractivity contribution in [2.45, 2.75) is 13.0 Å². The van der Waals surface area contributed by atoms with Crippen molar-refractivity contribution in [3.05, 3.63) is 41.6 Å². The Bertz CT molecular complexity index is 566. The van der Waals surface area contributed by atoms with Gasteiger partial charge in [0.05, 0.1) is 17.2 Å². The van der Waals surface area contributed by atoms with Gasteiger partial charge in [-0.2, -0.15) is 0 Å². The molecule has 1 heterocycles. The molecule has 2 N–H and O–H groups in total. The number of nitrogens with two attached hydrogens (primary N) is 1. The van der Waals surface area contributed by atoms with Crippen molar-refractivity contribution in [1.29, 1.82) is 0 Å². The van der Waals surface area contributed by atoms with E-state index in [1.165, 1.54) is 0 Å². The van der Waals surface area contributed by atoms with Crippen LogP contribution in [0.2, 0.25) is 0 Å². The summed E-state index contributed by atoms with van der Waals surface area (Å²) in [5.41, 5.74) is 7.58. The van der Waals surface area contributed by atoms with Crippen molar-refractivity contribution in [2.75, 3.05) is 7.11 Å². The van der Waals surface area contributed by atoms with E-state index in [9.17, 15) is 4.79 Å². The second kappa shape index (κ2) is 4.51. The molecule has 1 aromatic carbocycles. The minimum atomic E-state index is -0.445. The van der Waals surface area contributed by atoms with Gasteiger partial charge in [0, 0.05) is 18.7 Å². The number of aromatic nitrogens is 1. The number of rotatable bonds is 3. The summed E-state index contributed by atoms with van der Waals surface area (Å²) in [5.74, 6) is -0.445. The molecule has 2 aromatic rings. The van der Waals surface area contributed by atoms with Gasteiger partial charge in [0.15, 0.2) is 0 Å².